The molecule has 12 heteroatoms. The zero-order chi connectivity index (χ0) is 22.2. The lowest BCUT2D eigenvalue weighted by Gasteiger charge is -2.08. The predicted octanol–water partition coefficient (Wildman–Crippen LogP) is 4.08. The van der Waals surface area contributed by atoms with Gasteiger partial charge < -0.3 is 0 Å². The SMILES string of the molecule is O=C(Nc1nnc(-c2ccc(F)cc2Cl)s1)c1cc(S(=O)(=O)NCC2CC2)ccc1F. The molecule has 4 rings (SSSR count). The molecule has 3 aromatic rings. The molecule has 1 aliphatic rings. The number of rotatable bonds is 7. The third kappa shape index (κ3) is 5.06. The Bertz CT molecular complexity index is 1260. The maximum atomic E-state index is 14.2. The van der Waals surface area contributed by atoms with E-state index >= 15 is 0 Å². The zero-order valence-corrected chi connectivity index (χ0v) is 18.1. The number of hydrogen-bond acceptors (Lipinski definition) is 6. The monoisotopic (exact) mass is 484 g/mol. The summed E-state index contributed by atoms with van der Waals surface area (Å²) in [6, 6.07) is 6.74. The van der Waals surface area contributed by atoms with Crippen molar-refractivity contribution in [2.75, 3.05) is 11.9 Å². The first-order chi connectivity index (χ1) is 14.7. The Labute approximate surface area is 185 Å². The van der Waals surface area contributed by atoms with Gasteiger partial charge in [0.25, 0.3) is 5.91 Å². The van der Waals surface area contributed by atoms with Gasteiger partial charge in [0, 0.05) is 12.1 Å². The number of carbonyl (C=O) groups excluding carboxylic acids is 1. The van der Waals surface area contributed by atoms with Gasteiger partial charge in [0.05, 0.1) is 15.5 Å². The lowest BCUT2D eigenvalue weighted by molar-refractivity contribution is 0.102. The van der Waals surface area contributed by atoms with Gasteiger partial charge in [-0.3, -0.25) is 10.1 Å². The molecular weight excluding hydrogens is 470 g/mol. The van der Waals surface area contributed by atoms with E-state index in [1.807, 2.05) is 0 Å². The third-order valence-electron chi connectivity index (χ3n) is 4.56. The van der Waals surface area contributed by atoms with Gasteiger partial charge in [-0.05, 0) is 55.2 Å². The number of nitrogens with zero attached hydrogens (tertiary/aromatic N) is 2. The number of halogens is 3. The van der Waals surface area contributed by atoms with Crippen molar-refractivity contribution in [3.05, 3.63) is 58.6 Å². The second-order valence-corrected chi connectivity index (χ2v) is 10.1. The molecule has 2 aromatic carbocycles. The van der Waals surface area contributed by atoms with Gasteiger partial charge in [-0.15, -0.1) is 10.2 Å². The Morgan fingerprint density at radius 2 is 1.94 bits per heavy atom. The van der Waals surface area contributed by atoms with Crippen LogP contribution in [0.25, 0.3) is 10.6 Å². The van der Waals surface area contributed by atoms with Gasteiger partial charge in [-0.2, -0.15) is 0 Å². The molecule has 0 aliphatic heterocycles. The fourth-order valence-corrected chi connectivity index (χ4v) is 4.92. The number of amides is 1. The Morgan fingerprint density at radius 3 is 2.65 bits per heavy atom. The van der Waals surface area contributed by atoms with Crippen LogP contribution in [-0.4, -0.2) is 31.1 Å². The van der Waals surface area contributed by atoms with Crippen LogP contribution in [0.3, 0.4) is 0 Å². The lowest BCUT2D eigenvalue weighted by Crippen LogP contribution is -2.26. The molecule has 0 unspecified atom stereocenters. The van der Waals surface area contributed by atoms with E-state index in [9.17, 15) is 22.0 Å². The molecule has 1 saturated carbocycles. The van der Waals surface area contributed by atoms with E-state index in [0.29, 0.717) is 23.0 Å². The van der Waals surface area contributed by atoms with E-state index < -0.39 is 33.1 Å². The van der Waals surface area contributed by atoms with Gasteiger partial charge in [-0.1, -0.05) is 22.9 Å². The Hall–Kier alpha value is -2.47. The molecule has 1 aromatic heterocycles. The number of benzene rings is 2. The molecule has 7 nitrogen and oxygen atoms in total. The highest BCUT2D eigenvalue weighted by Crippen LogP contribution is 2.32. The second kappa shape index (κ2) is 8.58. The first kappa shape index (κ1) is 21.8. The van der Waals surface area contributed by atoms with Crippen molar-refractivity contribution in [1.29, 1.82) is 0 Å². The van der Waals surface area contributed by atoms with E-state index in [1.165, 1.54) is 12.1 Å². The molecule has 31 heavy (non-hydrogen) atoms. The summed E-state index contributed by atoms with van der Waals surface area (Å²) in [5.74, 6) is -1.96. The minimum Gasteiger partial charge on any atom is -0.296 e. The topological polar surface area (TPSA) is 101 Å². The number of carbonyl (C=O) groups is 1. The molecule has 0 saturated heterocycles. The normalized spacial score (nSPS) is 13.9. The van der Waals surface area contributed by atoms with E-state index in [4.69, 9.17) is 11.6 Å². The van der Waals surface area contributed by atoms with Crippen molar-refractivity contribution in [1.82, 2.24) is 14.9 Å². The lowest BCUT2D eigenvalue weighted by atomic mass is 10.2. The summed E-state index contributed by atoms with van der Waals surface area (Å²) in [7, 11) is -3.87. The quantitative estimate of drug-likeness (QED) is 0.526. The molecule has 162 valence electrons. The fraction of sp³-hybridized carbons (Fsp3) is 0.211. The van der Waals surface area contributed by atoms with Crippen LogP contribution in [0.4, 0.5) is 13.9 Å². The molecule has 0 spiro atoms. The van der Waals surface area contributed by atoms with Crippen LogP contribution in [0.5, 0.6) is 0 Å². The average molecular weight is 485 g/mol. The Kier molecular flexibility index (Phi) is 6.02. The average Bonchev–Trinajstić information content (AvgIpc) is 3.44. The number of nitrogens with one attached hydrogen (secondary N) is 2. The van der Waals surface area contributed by atoms with Crippen LogP contribution in [0, 0.1) is 17.6 Å². The molecule has 1 aliphatic carbocycles. The number of hydrogen-bond donors (Lipinski definition) is 2. The standard InChI is InChI=1S/C19H15ClF2N4O3S2/c20-15-7-11(21)3-5-13(15)18-25-26-19(30-18)24-17(27)14-8-12(4-6-16(14)22)31(28,29)23-9-10-1-2-10/h3-8,10,23H,1-2,9H2,(H,24,26,27). The maximum Gasteiger partial charge on any atom is 0.260 e. The zero-order valence-electron chi connectivity index (χ0n) is 15.7. The van der Waals surface area contributed by atoms with Crippen molar-refractivity contribution in [3.63, 3.8) is 0 Å². The summed E-state index contributed by atoms with van der Waals surface area (Å²) in [5.41, 5.74) is -0.0343. The maximum absolute atomic E-state index is 14.2. The Balaban J connectivity index is 1.53. The molecular formula is C19H15ClF2N4O3S2. The summed E-state index contributed by atoms with van der Waals surface area (Å²) in [4.78, 5) is 12.3. The molecule has 1 amide bonds. The van der Waals surface area contributed by atoms with Gasteiger partial charge in [-0.25, -0.2) is 21.9 Å². The van der Waals surface area contributed by atoms with Crippen LogP contribution >= 0.6 is 22.9 Å². The van der Waals surface area contributed by atoms with Crippen LogP contribution < -0.4 is 10.0 Å². The van der Waals surface area contributed by atoms with Crippen molar-refractivity contribution >= 4 is 44.0 Å². The molecule has 1 heterocycles. The summed E-state index contributed by atoms with van der Waals surface area (Å²) in [5, 5.41) is 10.6. The largest absolute Gasteiger partial charge is 0.296 e. The highest BCUT2D eigenvalue weighted by atomic mass is 35.5. The highest BCUT2D eigenvalue weighted by molar-refractivity contribution is 7.89. The van der Waals surface area contributed by atoms with Crippen LogP contribution in [-0.2, 0) is 10.0 Å². The Morgan fingerprint density at radius 1 is 1.16 bits per heavy atom. The fourth-order valence-electron chi connectivity index (χ4n) is 2.69. The van der Waals surface area contributed by atoms with Gasteiger partial charge in [0.2, 0.25) is 15.2 Å². The number of aromatic nitrogens is 2. The summed E-state index contributed by atoms with van der Waals surface area (Å²) in [6.45, 7) is 0.306. The first-order valence-electron chi connectivity index (χ1n) is 9.12. The summed E-state index contributed by atoms with van der Waals surface area (Å²) < 4.78 is 54.7. The van der Waals surface area contributed by atoms with Gasteiger partial charge in [0.1, 0.15) is 11.6 Å². The first-order valence-corrected chi connectivity index (χ1v) is 11.8. The van der Waals surface area contributed by atoms with Crippen LogP contribution in [0.1, 0.15) is 23.2 Å². The number of sulfonamides is 1. The smallest absolute Gasteiger partial charge is 0.260 e. The number of anilines is 1. The van der Waals surface area contributed by atoms with Crippen molar-refractivity contribution < 1.29 is 22.0 Å². The molecule has 1 fully saturated rings. The van der Waals surface area contributed by atoms with Crippen LogP contribution in [0.15, 0.2) is 41.3 Å². The minimum absolute atomic E-state index is 0.0416. The highest BCUT2D eigenvalue weighted by Gasteiger charge is 2.25. The third-order valence-corrected chi connectivity index (χ3v) is 7.16. The van der Waals surface area contributed by atoms with E-state index in [-0.39, 0.29) is 15.0 Å². The van der Waals surface area contributed by atoms with E-state index in [0.717, 1.165) is 48.4 Å². The van der Waals surface area contributed by atoms with Crippen molar-refractivity contribution in [2.24, 2.45) is 5.92 Å². The van der Waals surface area contributed by atoms with Crippen molar-refractivity contribution in [2.45, 2.75) is 17.7 Å². The van der Waals surface area contributed by atoms with Crippen molar-refractivity contribution in [3.8, 4) is 10.6 Å². The van der Waals surface area contributed by atoms with Crippen LogP contribution in [0.2, 0.25) is 5.02 Å². The predicted molar refractivity (Wildman–Crippen MR) is 113 cm³/mol. The van der Waals surface area contributed by atoms with Gasteiger partial charge in [0.15, 0.2) is 5.01 Å². The molecule has 0 radical (unpaired) electrons. The summed E-state index contributed by atoms with van der Waals surface area (Å²) >= 11 is 6.95. The summed E-state index contributed by atoms with van der Waals surface area (Å²) in [6.07, 6.45) is 1.93. The minimum atomic E-state index is -3.87. The second-order valence-electron chi connectivity index (χ2n) is 6.93. The molecule has 0 bridgehead atoms. The van der Waals surface area contributed by atoms with E-state index in [2.05, 4.69) is 20.2 Å². The van der Waals surface area contributed by atoms with E-state index in [1.54, 1.807) is 0 Å². The molecule has 2 N–H and O–H groups in total. The molecule has 0 atom stereocenters. The van der Waals surface area contributed by atoms with Gasteiger partial charge >= 0.3 is 0 Å².